The van der Waals surface area contributed by atoms with Crippen molar-refractivity contribution < 1.29 is 12.8 Å². The lowest BCUT2D eigenvalue weighted by molar-refractivity contribution is 0.598. The number of hydrogen-bond acceptors (Lipinski definition) is 3. The summed E-state index contributed by atoms with van der Waals surface area (Å²) in [5, 5.41) is 5.71. The second-order valence-electron chi connectivity index (χ2n) is 3.14. The minimum atomic E-state index is -3.85. The van der Waals surface area contributed by atoms with E-state index in [1.165, 1.54) is 24.4 Å². The number of halogens is 2. The quantitative estimate of drug-likeness (QED) is 0.900. The molecule has 0 aliphatic heterocycles. The van der Waals surface area contributed by atoms with Gasteiger partial charge in [0.05, 0.1) is 16.9 Å². The van der Waals surface area contributed by atoms with E-state index < -0.39 is 15.8 Å². The maximum atomic E-state index is 13.5. The molecule has 0 atom stereocenters. The van der Waals surface area contributed by atoms with E-state index in [2.05, 4.69) is 14.9 Å². The summed E-state index contributed by atoms with van der Waals surface area (Å²) < 4.78 is 39.1. The zero-order valence-electron chi connectivity index (χ0n) is 8.31. The van der Waals surface area contributed by atoms with Gasteiger partial charge >= 0.3 is 0 Å². The molecule has 2 aromatic rings. The third-order valence-corrected chi connectivity index (χ3v) is 3.60. The smallest absolute Gasteiger partial charge is 0.265 e. The Kier molecular flexibility index (Phi) is 3.03. The van der Waals surface area contributed by atoms with Crippen molar-refractivity contribution in [1.29, 1.82) is 0 Å². The van der Waals surface area contributed by atoms with Gasteiger partial charge in [0.2, 0.25) is 0 Å². The second-order valence-corrected chi connectivity index (χ2v) is 5.23. The molecule has 1 heterocycles. The maximum absolute atomic E-state index is 13.5. The molecule has 0 spiro atoms. The van der Waals surface area contributed by atoms with E-state index in [0.717, 1.165) is 6.20 Å². The average molecular weight is 276 g/mol. The van der Waals surface area contributed by atoms with E-state index >= 15 is 0 Å². The molecule has 8 heteroatoms. The molecular weight excluding hydrogens is 269 g/mol. The molecule has 0 saturated carbocycles. The largest absolute Gasteiger partial charge is 0.284 e. The van der Waals surface area contributed by atoms with Crippen LogP contribution in [0, 0.1) is 5.82 Å². The van der Waals surface area contributed by atoms with Crippen LogP contribution in [0.4, 0.5) is 10.1 Å². The summed E-state index contributed by atoms with van der Waals surface area (Å²) in [7, 11) is -3.85. The third kappa shape index (κ3) is 2.40. The SMILES string of the molecule is O=S(=O)(Nc1cccc(Cl)c1F)c1cn[nH]c1. The van der Waals surface area contributed by atoms with Crippen LogP contribution >= 0.6 is 11.6 Å². The van der Waals surface area contributed by atoms with Crippen LogP contribution in [-0.2, 0) is 10.0 Å². The van der Waals surface area contributed by atoms with Gasteiger partial charge in [-0.2, -0.15) is 5.10 Å². The molecule has 17 heavy (non-hydrogen) atoms. The minimum Gasteiger partial charge on any atom is -0.284 e. The molecule has 1 aromatic heterocycles. The zero-order valence-corrected chi connectivity index (χ0v) is 9.89. The van der Waals surface area contributed by atoms with Crippen molar-refractivity contribution in [2.45, 2.75) is 4.90 Å². The normalized spacial score (nSPS) is 11.4. The maximum Gasteiger partial charge on any atom is 0.265 e. The minimum absolute atomic E-state index is 0.0862. The van der Waals surface area contributed by atoms with Crippen LogP contribution in [0.15, 0.2) is 35.5 Å². The van der Waals surface area contributed by atoms with Crippen LogP contribution in [0.25, 0.3) is 0 Å². The highest BCUT2D eigenvalue weighted by Crippen LogP contribution is 2.24. The molecule has 5 nitrogen and oxygen atoms in total. The molecule has 0 fully saturated rings. The summed E-state index contributed by atoms with van der Waals surface area (Å²) in [5.74, 6) is -0.818. The molecule has 2 N–H and O–H groups in total. The number of aromatic nitrogens is 2. The van der Waals surface area contributed by atoms with Gasteiger partial charge in [-0.15, -0.1) is 0 Å². The van der Waals surface area contributed by atoms with Gasteiger partial charge in [0.25, 0.3) is 10.0 Å². The Balaban J connectivity index is 2.37. The first kappa shape index (κ1) is 11.9. The van der Waals surface area contributed by atoms with Crippen LogP contribution in [-0.4, -0.2) is 18.6 Å². The van der Waals surface area contributed by atoms with Crippen LogP contribution in [0.2, 0.25) is 5.02 Å². The standard InChI is InChI=1S/C9H7ClFN3O2S/c10-7-2-1-3-8(9(7)11)14-17(15,16)6-4-12-13-5-6/h1-5,14H,(H,12,13). The highest BCUT2D eigenvalue weighted by molar-refractivity contribution is 7.92. The molecule has 0 bridgehead atoms. The lowest BCUT2D eigenvalue weighted by atomic mass is 10.3. The Morgan fingerprint density at radius 2 is 2.18 bits per heavy atom. The molecule has 0 unspecified atom stereocenters. The van der Waals surface area contributed by atoms with Gasteiger partial charge < -0.3 is 0 Å². The van der Waals surface area contributed by atoms with E-state index in [0.29, 0.717) is 0 Å². The van der Waals surface area contributed by atoms with Gasteiger partial charge in [0.1, 0.15) is 4.90 Å². The number of hydrogen-bond donors (Lipinski definition) is 2. The number of benzene rings is 1. The van der Waals surface area contributed by atoms with Crippen molar-refractivity contribution in [2.24, 2.45) is 0 Å². The summed E-state index contributed by atoms with van der Waals surface area (Å²) in [6, 6.07) is 4.05. The van der Waals surface area contributed by atoms with Crippen LogP contribution in [0.5, 0.6) is 0 Å². The monoisotopic (exact) mass is 275 g/mol. The average Bonchev–Trinajstić information content (AvgIpc) is 2.78. The zero-order chi connectivity index (χ0) is 12.5. The number of nitrogens with one attached hydrogen (secondary N) is 2. The molecular formula is C9H7ClFN3O2S. The predicted octanol–water partition coefficient (Wildman–Crippen LogP) is 2.00. The molecule has 1 aromatic carbocycles. The van der Waals surface area contributed by atoms with E-state index in [1.54, 1.807) is 0 Å². The summed E-state index contributed by atoms with van der Waals surface area (Å²) in [6.45, 7) is 0. The highest BCUT2D eigenvalue weighted by atomic mass is 35.5. The summed E-state index contributed by atoms with van der Waals surface area (Å²) in [5.41, 5.74) is -0.210. The third-order valence-electron chi connectivity index (χ3n) is 1.98. The number of aromatic amines is 1. The van der Waals surface area contributed by atoms with Crippen LogP contribution < -0.4 is 4.72 Å². The van der Waals surface area contributed by atoms with Crippen molar-refractivity contribution in [3.63, 3.8) is 0 Å². The number of rotatable bonds is 3. The predicted molar refractivity (Wildman–Crippen MR) is 60.8 cm³/mol. The second kappa shape index (κ2) is 4.34. The van der Waals surface area contributed by atoms with Gasteiger partial charge in [-0.1, -0.05) is 17.7 Å². The molecule has 0 aliphatic rings. The van der Waals surface area contributed by atoms with E-state index in [4.69, 9.17) is 11.6 Å². The van der Waals surface area contributed by atoms with Crippen molar-refractivity contribution in [2.75, 3.05) is 4.72 Å². The van der Waals surface area contributed by atoms with Gasteiger partial charge in [0.15, 0.2) is 5.82 Å². The first-order chi connectivity index (χ1) is 8.00. The van der Waals surface area contributed by atoms with Gasteiger partial charge in [-0.25, -0.2) is 12.8 Å². The van der Waals surface area contributed by atoms with Crippen LogP contribution in [0.3, 0.4) is 0 Å². The summed E-state index contributed by atoms with van der Waals surface area (Å²) in [4.78, 5) is -0.0862. The lowest BCUT2D eigenvalue weighted by Crippen LogP contribution is -2.13. The lowest BCUT2D eigenvalue weighted by Gasteiger charge is -2.07. The van der Waals surface area contributed by atoms with Crippen LogP contribution in [0.1, 0.15) is 0 Å². The fraction of sp³-hybridized carbons (Fsp3) is 0. The van der Waals surface area contributed by atoms with E-state index in [1.807, 2.05) is 0 Å². The molecule has 0 amide bonds. The Hall–Kier alpha value is -1.60. The fourth-order valence-corrected chi connectivity index (χ4v) is 2.31. The van der Waals surface area contributed by atoms with Gasteiger partial charge in [-0.05, 0) is 12.1 Å². The fourth-order valence-electron chi connectivity index (χ4n) is 1.17. The summed E-state index contributed by atoms with van der Waals surface area (Å²) >= 11 is 5.54. The number of H-pyrrole nitrogens is 1. The summed E-state index contributed by atoms with van der Waals surface area (Å²) in [6.07, 6.45) is 2.30. The molecule has 2 rings (SSSR count). The number of anilines is 1. The number of nitrogens with zero attached hydrogens (tertiary/aromatic N) is 1. The molecule has 0 radical (unpaired) electrons. The Bertz CT molecular complexity index is 628. The van der Waals surface area contributed by atoms with Crippen molar-refractivity contribution >= 4 is 27.3 Å². The van der Waals surface area contributed by atoms with Crippen molar-refractivity contribution in [1.82, 2.24) is 10.2 Å². The molecule has 0 saturated heterocycles. The Labute approximate surface area is 102 Å². The van der Waals surface area contributed by atoms with Crippen molar-refractivity contribution in [3.8, 4) is 0 Å². The van der Waals surface area contributed by atoms with Gasteiger partial charge in [0, 0.05) is 6.20 Å². The van der Waals surface area contributed by atoms with Crippen molar-refractivity contribution in [3.05, 3.63) is 41.4 Å². The molecule has 0 aliphatic carbocycles. The first-order valence-electron chi connectivity index (χ1n) is 4.46. The Morgan fingerprint density at radius 1 is 1.41 bits per heavy atom. The topological polar surface area (TPSA) is 74.8 Å². The Morgan fingerprint density at radius 3 is 2.82 bits per heavy atom. The first-order valence-corrected chi connectivity index (χ1v) is 6.32. The van der Waals surface area contributed by atoms with Gasteiger partial charge in [-0.3, -0.25) is 9.82 Å². The molecule has 90 valence electrons. The highest BCUT2D eigenvalue weighted by Gasteiger charge is 2.18. The van der Waals surface area contributed by atoms with E-state index in [-0.39, 0.29) is 15.6 Å². The van der Waals surface area contributed by atoms with E-state index in [9.17, 15) is 12.8 Å². The number of sulfonamides is 1.